The zero-order valence-electron chi connectivity index (χ0n) is 12.0. The fourth-order valence-corrected chi connectivity index (χ4v) is 3.20. The second-order valence-corrected chi connectivity index (χ2v) is 6.01. The van der Waals surface area contributed by atoms with Gasteiger partial charge in [-0.2, -0.15) is 0 Å². The molecule has 1 N–H and O–H groups in total. The quantitative estimate of drug-likeness (QED) is 0.918. The number of hydrogen-bond acceptors (Lipinski definition) is 3. The van der Waals surface area contributed by atoms with Gasteiger partial charge in [0.2, 0.25) is 0 Å². The molecule has 2 aliphatic rings. The normalized spacial score (nSPS) is 18.8. The predicted molar refractivity (Wildman–Crippen MR) is 84.7 cm³/mol. The first-order valence-electron chi connectivity index (χ1n) is 7.72. The average molecular weight is 267 g/mol. The lowest BCUT2D eigenvalue weighted by Gasteiger charge is -2.19. The monoisotopic (exact) mass is 267 g/mol. The van der Waals surface area contributed by atoms with Gasteiger partial charge in [-0.25, -0.2) is 0 Å². The van der Waals surface area contributed by atoms with E-state index in [-0.39, 0.29) is 0 Å². The predicted octanol–water partition coefficient (Wildman–Crippen LogP) is 3.75. The Morgan fingerprint density at radius 1 is 1.15 bits per heavy atom. The highest BCUT2D eigenvalue weighted by molar-refractivity contribution is 5.94. The third-order valence-corrected chi connectivity index (χ3v) is 4.55. The minimum atomic E-state index is 0.699. The second-order valence-electron chi connectivity index (χ2n) is 6.01. The molecule has 1 aliphatic heterocycles. The van der Waals surface area contributed by atoms with E-state index in [1.165, 1.54) is 61.2 Å². The first-order valence-corrected chi connectivity index (χ1v) is 7.72. The number of fused-ring (bicyclic) bond motifs is 1. The van der Waals surface area contributed by atoms with Gasteiger partial charge in [0.25, 0.3) is 0 Å². The molecule has 0 unspecified atom stereocenters. The summed E-state index contributed by atoms with van der Waals surface area (Å²) in [6.07, 6.45) is 5.23. The summed E-state index contributed by atoms with van der Waals surface area (Å²) in [5.74, 6) is 0.699. The highest BCUT2D eigenvalue weighted by Crippen LogP contribution is 2.41. The summed E-state index contributed by atoms with van der Waals surface area (Å²) in [5, 5.41) is 4.60. The summed E-state index contributed by atoms with van der Waals surface area (Å²) in [5.41, 5.74) is 4.95. The Bertz CT molecular complexity index is 640. The fourth-order valence-electron chi connectivity index (χ4n) is 3.20. The molecule has 0 bridgehead atoms. The van der Waals surface area contributed by atoms with Crippen LogP contribution in [0.1, 0.15) is 37.3 Å². The van der Waals surface area contributed by atoms with Crippen LogP contribution in [0.5, 0.6) is 0 Å². The molecule has 0 radical (unpaired) electrons. The third kappa shape index (κ3) is 2.01. The lowest BCUT2D eigenvalue weighted by Crippen LogP contribution is -2.17. The summed E-state index contributed by atoms with van der Waals surface area (Å²) < 4.78 is 0. The highest BCUT2D eigenvalue weighted by atomic mass is 15.1. The number of benzene rings is 1. The van der Waals surface area contributed by atoms with Crippen molar-refractivity contribution in [1.29, 1.82) is 0 Å². The van der Waals surface area contributed by atoms with Gasteiger partial charge in [-0.05, 0) is 49.9 Å². The summed E-state index contributed by atoms with van der Waals surface area (Å²) in [6, 6.07) is 8.97. The van der Waals surface area contributed by atoms with E-state index in [1.54, 1.807) is 0 Å². The molecule has 0 amide bonds. The molecule has 1 saturated heterocycles. The topological polar surface area (TPSA) is 28.2 Å². The van der Waals surface area contributed by atoms with E-state index in [9.17, 15) is 0 Å². The Morgan fingerprint density at radius 3 is 2.65 bits per heavy atom. The van der Waals surface area contributed by atoms with Crippen LogP contribution in [0.4, 0.5) is 11.4 Å². The van der Waals surface area contributed by atoms with Crippen molar-refractivity contribution in [2.45, 2.75) is 31.6 Å². The van der Waals surface area contributed by atoms with Crippen LogP contribution in [-0.2, 0) is 0 Å². The zero-order chi connectivity index (χ0) is 13.5. The Kier molecular flexibility index (Phi) is 2.79. The Labute approximate surface area is 120 Å². The average Bonchev–Trinajstić information content (AvgIpc) is 3.20. The van der Waals surface area contributed by atoms with Crippen molar-refractivity contribution in [2.24, 2.45) is 0 Å². The van der Waals surface area contributed by atoms with E-state index in [0.29, 0.717) is 5.92 Å². The SMILES string of the molecule is CNc1cc(C2CC2)nc2ccc(N3CCCC3)cc12. The second kappa shape index (κ2) is 4.65. The molecule has 3 nitrogen and oxygen atoms in total. The highest BCUT2D eigenvalue weighted by Gasteiger charge is 2.26. The molecule has 3 heteroatoms. The number of hydrogen-bond donors (Lipinski definition) is 1. The summed E-state index contributed by atoms with van der Waals surface area (Å²) in [7, 11) is 2.01. The van der Waals surface area contributed by atoms with Crippen LogP contribution in [0.25, 0.3) is 10.9 Å². The smallest absolute Gasteiger partial charge is 0.0727 e. The summed E-state index contributed by atoms with van der Waals surface area (Å²) >= 11 is 0. The van der Waals surface area contributed by atoms with Crippen molar-refractivity contribution in [3.63, 3.8) is 0 Å². The number of pyridine rings is 1. The van der Waals surface area contributed by atoms with Crippen LogP contribution in [0.2, 0.25) is 0 Å². The minimum absolute atomic E-state index is 0.699. The lowest BCUT2D eigenvalue weighted by atomic mass is 10.1. The van der Waals surface area contributed by atoms with Gasteiger partial charge in [-0.15, -0.1) is 0 Å². The zero-order valence-corrected chi connectivity index (χ0v) is 12.0. The van der Waals surface area contributed by atoms with Crippen LogP contribution < -0.4 is 10.2 Å². The molecule has 2 aromatic rings. The van der Waals surface area contributed by atoms with E-state index in [1.807, 2.05) is 7.05 Å². The van der Waals surface area contributed by atoms with Gasteiger partial charge in [0.05, 0.1) is 5.52 Å². The maximum Gasteiger partial charge on any atom is 0.0727 e. The molecule has 0 atom stereocenters. The van der Waals surface area contributed by atoms with Crippen molar-refractivity contribution in [1.82, 2.24) is 4.98 Å². The van der Waals surface area contributed by atoms with Gasteiger partial charge in [-0.1, -0.05) is 0 Å². The molecular formula is C17H21N3. The number of aromatic nitrogens is 1. The van der Waals surface area contributed by atoms with E-state index in [4.69, 9.17) is 4.98 Å². The van der Waals surface area contributed by atoms with E-state index < -0.39 is 0 Å². The van der Waals surface area contributed by atoms with Gasteiger partial charge in [-0.3, -0.25) is 4.98 Å². The van der Waals surface area contributed by atoms with Gasteiger partial charge >= 0.3 is 0 Å². The van der Waals surface area contributed by atoms with Gasteiger partial charge < -0.3 is 10.2 Å². The van der Waals surface area contributed by atoms with Gasteiger partial charge in [0, 0.05) is 48.5 Å². The Morgan fingerprint density at radius 2 is 1.95 bits per heavy atom. The minimum Gasteiger partial charge on any atom is -0.388 e. The molecule has 20 heavy (non-hydrogen) atoms. The van der Waals surface area contributed by atoms with Crippen molar-refractivity contribution in [3.05, 3.63) is 30.0 Å². The number of rotatable bonds is 3. The molecule has 104 valence electrons. The number of nitrogens with one attached hydrogen (secondary N) is 1. The Balaban J connectivity index is 1.81. The van der Waals surface area contributed by atoms with Gasteiger partial charge in [0.15, 0.2) is 0 Å². The van der Waals surface area contributed by atoms with Crippen LogP contribution in [0.3, 0.4) is 0 Å². The van der Waals surface area contributed by atoms with E-state index in [2.05, 4.69) is 34.5 Å². The van der Waals surface area contributed by atoms with Crippen molar-refractivity contribution in [3.8, 4) is 0 Å². The fraction of sp³-hybridized carbons (Fsp3) is 0.471. The number of nitrogens with zero attached hydrogens (tertiary/aromatic N) is 2. The number of anilines is 2. The molecule has 4 rings (SSSR count). The molecule has 2 heterocycles. The molecule has 1 aromatic carbocycles. The van der Waals surface area contributed by atoms with Gasteiger partial charge in [0.1, 0.15) is 0 Å². The lowest BCUT2D eigenvalue weighted by molar-refractivity contribution is 0.949. The van der Waals surface area contributed by atoms with Crippen LogP contribution in [-0.4, -0.2) is 25.1 Å². The molecule has 1 saturated carbocycles. The van der Waals surface area contributed by atoms with E-state index in [0.717, 1.165) is 5.52 Å². The molecule has 1 aromatic heterocycles. The van der Waals surface area contributed by atoms with Crippen LogP contribution >= 0.6 is 0 Å². The first-order chi connectivity index (χ1) is 9.85. The molecule has 2 fully saturated rings. The summed E-state index contributed by atoms with van der Waals surface area (Å²) in [4.78, 5) is 7.33. The Hall–Kier alpha value is -1.77. The van der Waals surface area contributed by atoms with Crippen molar-refractivity contribution < 1.29 is 0 Å². The standard InChI is InChI=1S/C17H21N3/c1-18-17-11-16(12-4-5-12)19-15-7-6-13(10-14(15)17)20-8-2-3-9-20/h6-7,10-12H,2-5,8-9H2,1H3,(H,18,19). The molecular weight excluding hydrogens is 246 g/mol. The molecule has 1 aliphatic carbocycles. The maximum absolute atomic E-state index is 4.86. The third-order valence-electron chi connectivity index (χ3n) is 4.55. The molecule has 0 spiro atoms. The summed E-state index contributed by atoms with van der Waals surface area (Å²) in [6.45, 7) is 2.38. The first kappa shape index (κ1) is 12.0. The largest absolute Gasteiger partial charge is 0.388 e. The van der Waals surface area contributed by atoms with Crippen molar-refractivity contribution >= 4 is 22.3 Å². The maximum atomic E-state index is 4.86. The van der Waals surface area contributed by atoms with E-state index >= 15 is 0 Å². The van der Waals surface area contributed by atoms with Crippen molar-refractivity contribution in [2.75, 3.05) is 30.4 Å². The van der Waals surface area contributed by atoms with Crippen LogP contribution in [0, 0.1) is 0 Å². The van der Waals surface area contributed by atoms with Crippen LogP contribution in [0.15, 0.2) is 24.3 Å².